The van der Waals surface area contributed by atoms with Gasteiger partial charge in [-0.05, 0) is 50.7 Å². The molecule has 0 heterocycles. The van der Waals surface area contributed by atoms with E-state index in [9.17, 15) is 4.39 Å². The fourth-order valence-corrected chi connectivity index (χ4v) is 2.86. The second kappa shape index (κ2) is 6.55. The minimum atomic E-state index is -0.139. The van der Waals surface area contributed by atoms with Crippen LogP contribution >= 0.6 is 11.8 Å². The van der Waals surface area contributed by atoms with E-state index < -0.39 is 0 Å². The van der Waals surface area contributed by atoms with E-state index in [1.165, 1.54) is 17.7 Å². The van der Waals surface area contributed by atoms with Gasteiger partial charge in [0.15, 0.2) is 0 Å². The van der Waals surface area contributed by atoms with Crippen LogP contribution in [0.2, 0.25) is 0 Å². The second-order valence-corrected chi connectivity index (χ2v) is 6.20. The highest BCUT2D eigenvalue weighted by atomic mass is 32.2. The van der Waals surface area contributed by atoms with Gasteiger partial charge >= 0.3 is 0 Å². The lowest BCUT2D eigenvalue weighted by Gasteiger charge is -2.12. The number of hydrogen-bond donors (Lipinski definition) is 1. The number of rotatable bonds is 7. The Morgan fingerprint density at radius 1 is 1.39 bits per heavy atom. The maximum absolute atomic E-state index is 13.3. The molecule has 0 spiro atoms. The summed E-state index contributed by atoms with van der Waals surface area (Å²) in [5, 5.41) is 3.45. The van der Waals surface area contributed by atoms with Crippen molar-refractivity contribution in [1.82, 2.24) is 10.2 Å². The van der Waals surface area contributed by atoms with Crippen LogP contribution in [0.15, 0.2) is 23.1 Å². The second-order valence-electron chi connectivity index (χ2n) is 5.06. The highest BCUT2D eigenvalue weighted by molar-refractivity contribution is 7.99. The molecule has 0 aliphatic heterocycles. The molecular weight excluding hydrogens is 247 g/mol. The zero-order valence-corrected chi connectivity index (χ0v) is 11.9. The summed E-state index contributed by atoms with van der Waals surface area (Å²) in [5.74, 6) is 0.897. The first-order valence-corrected chi connectivity index (χ1v) is 7.43. The smallest absolute Gasteiger partial charge is 0.123 e. The van der Waals surface area contributed by atoms with E-state index in [0.29, 0.717) is 6.04 Å². The third kappa shape index (κ3) is 4.59. The summed E-state index contributed by atoms with van der Waals surface area (Å²) in [6, 6.07) is 5.78. The molecule has 100 valence electrons. The molecule has 0 unspecified atom stereocenters. The van der Waals surface area contributed by atoms with E-state index in [1.54, 1.807) is 12.1 Å². The van der Waals surface area contributed by atoms with Gasteiger partial charge in [0, 0.05) is 29.8 Å². The molecule has 0 atom stereocenters. The lowest BCUT2D eigenvalue weighted by atomic mass is 10.2. The molecule has 1 aromatic carbocycles. The van der Waals surface area contributed by atoms with Gasteiger partial charge in [-0.25, -0.2) is 4.39 Å². The number of hydrogen-bond acceptors (Lipinski definition) is 3. The Kier molecular flexibility index (Phi) is 5.03. The molecule has 1 aliphatic carbocycles. The molecule has 2 nitrogen and oxygen atoms in total. The molecule has 0 bridgehead atoms. The maximum atomic E-state index is 13.3. The molecule has 4 heteroatoms. The first kappa shape index (κ1) is 13.8. The predicted octanol–water partition coefficient (Wildman–Crippen LogP) is 2.73. The lowest BCUT2D eigenvalue weighted by molar-refractivity contribution is 0.437. The third-order valence-corrected chi connectivity index (χ3v) is 4.07. The van der Waals surface area contributed by atoms with Crippen LogP contribution in [0.3, 0.4) is 0 Å². The topological polar surface area (TPSA) is 15.3 Å². The summed E-state index contributed by atoms with van der Waals surface area (Å²) in [7, 11) is 4.14. The van der Waals surface area contributed by atoms with Crippen LogP contribution in [-0.2, 0) is 6.54 Å². The van der Waals surface area contributed by atoms with Crippen LogP contribution in [0.25, 0.3) is 0 Å². The van der Waals surface area contributed by atoms with Crippen LogP contribution in [0.1, 0.15) is 18.4 Å². The number of nitrogens with one attached hydrogen (secondary N) is 1. The molecule has 1 fully saturated rings. The van der Waals surface area contributed by atoms with Crippen LogP contribution in [0.4, 0.5) is 4.39 Å². The first-order chi connectivity index (χ1) is 8.65. The molecule has 1 aromatic rings. The van der Waals surface area contributed by atoms with E-state index in [2.05, 4.69) is 24.3 Å². The largest absolute Gasteiger partial charge is 0.310 e. The van der Waals surface area contributed by atoms with Gasteiger partial charge in [-0.1, -0.05) is 0 Å². The van der Waals surface area contributed by atoms with Gasteiger partial charge in [-0.2, -0.15) is 0 Å². The first-order valence-electron chi connectivity index (χ1n) is 6.44. The van der Waals surface area contributed by atoms with Crippen molar-refractivity contribution in [1.29, 1.82) is 0 Å². The van der Waals surface area contributed by atoms with Gasteiger partial charge in [0.25, 0.3) is 0 Å². The van der Waals surface area contributed by atoms with Crippen LogP contribution < -0.4 is 5.32 Å². The van der Waals surface area contributed by atoms with Crippen molar-refractivity contribution in [2.24, 2.45) is 0 Å². The fourth-order valence-electron chi connectivity index (χ4n) is 1.71. The van der Waals surface area contributed by atoms with Crippen LogP contribution in [0.5, 0.6) is 0 Å². The quantitative estimate of drug-likeness (QED) is 0.766. The summed E-state index contributed by atoms with van der Waals surface area (Å²) >= 11 is 1.81. The molecule has 0 aromatic heterocycles. The monoisotopic (exact) mass is 268 g/mol. The Labute approximate surface area is 113 Å². The van der Waals surface area contributed by atoms with Gasteiger partial charge in [0.2, 0.25) is 0 Å². The number of halogens is 1. The molecule has 18 heavy (non-hydrogen) atoms. The minimum Gasteiger partial charge on any atom is -0.310 e. The molecule has 0 amide bonds. The number of nitrogens with zero attached hydrogens (tertiary/aromatic N) is 1. The lowest BCUT2D eigenvalue weighted by Crippen LogP contribution is -2.17. The minimum absolute atomic E-state index is 0.139. The van der Waals surface area contributed by atoms with E-state index >= 15 is 0 Å². The summed E-state index contributed by atoms with van der Waals surface area (Å²) in [4.78, 5) is 3.37. The van der Waals surface area contributed by atoms with Crippen molar-refractivity contribution >= 4 is 11.8 Å². The van der Waals surface area contributed by atoms with Crippen molar-refractivity contribution < 1.29 is 4.39 Å². The van der Waals surface area contributed by atoms with Crippen LogP contribution in [0, 0.1) is 5.82 Å². The van der Waals surface area contributed by atoms with Gasteiger partial charge in [-0.3, -0.25) is 0 Å². The molecule has 0 saturated heterocycles. The van der Waals surface area contributed by atoms with Crippen LogP contribution in [-0.4, -0.2) is 37.3 Å². The zero-order valence-electron chi connectivity index (χ0n) is 11.1. The molecule has 1 aliphatic rings. The molecule has 2 rings (SSSR count). The maximum Gasteiger partial charge on any atom is 0.123 e. The Balaban J connectivity index is 1.93. The standard InChI is InChI=1S/C14H21FN2S/c1-17(2)7-8-18-14-6-3-12(15)9-11(14)10-16-13-4-5-13/h3,6,9,13,16H,4-5,7-8,10H2,1-2H3. The molecule has 1 saturated carbocycles. The van der Waals surface area contributed by atoms with E-state index in [-0.39, 0.29) is 5.82 Å². The Bertz CT molecular complexity index is 391. The van der Waals surface area contributed by atoms with Gasteiger partial charge in [0.05, 0.1) is 0 Å². The third-order valence-electron chi connectivity index (χ3n) is 2.98. The predicted molar refractivity (Wildman–Crippen MR) is 75.5 cm³/mol. The van der Waals surface area contributed by atoms with Gasteiger partial charge < -0.3 is 10.2 Å². The van der Waals surface area contributed by atoms with Crippen molar-refractivity contribution in [3.8, 4) is 0 Å². The average molecular weight is 268 g/mol. The average Bonchev–Trinajstić information content (AvgIpc) is 3.12. The summed E-state index contributed by atoms with van der Waals surface area (Å²) < 4.78 is 13.3. The molecule has 0 radical (unpaired) electrons. The molecular formula is C14H21FN2S. The summed E-state index contributed by atoms with van der Waals surface area (Å²) in [5.41, 5.74) is 1.09. The van der Waals surface area contributed by atoms with E-state index in [4.69, 9.17) is 0 Å². The zero-order chi connectivity index (χ0) is 13.0. The van der Waals surface area contributed by atoms with Crippen molar-refractivity contribution in [3.63, 3.8) is 0 Å². The van der Waals surface area contributed by atoms with Gasteiger partial charge in [-0.15, -0.1) is 11.8 Å². The van der Waals surface area contributed by atoms with Crippen molar-refractivity contribution in [2.45, 2.75) is 30.3 Å². The Hall–Kier alpha value is -0.580. The number of benzene rings is 1. The fraction of sp³-hybridized carbons (Fsp3) is 0.571. The molecule has 1 N–H and O–H groups in total. The Morgan fingerprint density at radius 3 is 2.83 bits per heavy atom. The van der Waals surface area contributed by atoms with E-state index in [1.807, 2.05) is 17.8 Å². The van der Waals surface area contributed by atoms with Crippen molar-refractivity contribution in [3.05, 3.63) is 29.6 Å². The van der Waals surface area contributed by atoms with Crippen molar-refractivity contribution in [2.75, 3.05) is 26.4 Å². The Morgan fingerprint density at radius 2 is 2.17 bits per heavy atom. The summed E-state index contributed by atoms with van der Waals surface area (Å²) in [6.07, 6.45) is 2.52. The normalized spacial score (nSPS) is 15.3. The number of thioether (sulfide) groups is 1. The highest BCUT2D eigenvalue weighted by Crippen LogP contribution is 2.25. The highest BCUT2D eigenvalue weighted by Gasteiger charge is 2.20. The summed E-state index contributed by atoms with van der Waals surface area (Å²) in [6.45, 7) is 1.82. The van der Waals surface area contributed by atoms with Gasteiger partial charge in [0.1, 0.15) is 5.82 Å². The SMILES string of the molecule is CN(C)CCSc1ccc(F)cc1CNC1CC1. The van der Waals surface area contributed by atoms with E-state index in [0.717, 1.165) is 24.4 Å².